The number of likely N-dealkylation sites (tertiary alicyclic amines) is 1. The van der Waals surface area contributed by atoms with E-state index in [1.807, 2.05) is 28.8 Å². The lowest BCUT2D eigenvalue weighted by Gasteiger charge is -2.32. The highest BCUT2D eigenvalue weighted by atomic mass is 16.5. The minimum atomic E-state index is 0.0264. The molecule has 0 spiro atoms. The average molecular weight is 461 g/mol. The first-order chi connectivity index (χ1) is 16.6. The van der Waals surface area contributed by atoms with Gasteiger partial charge in [0.05, 0.1) is 12.6 Å². The zero-order valence-electron chi connectivity index (χ0n) is 19.7. The highest BCUT2D eigenvalue weighted by Crippen LogP contribution is 2.24. The normalized spacial score (nSPS) is 16.9. The minimum absolute atomic E-state index is 0.0264. The third kappa shape index (κ3) is 5.00. The van der Waals surface area contributed by atoms with Gasteiger partial charge in [0.25, 0.3) is 5.56 Å². The first-order valence-electron chi connectivity index (χ1n) is 12.1. The summed E-state index contributed by atoms with van der Waals surface area (Å²) in [5.41, 5.74) is 4.34. The van der Waals surface area contributed by atoms with E-state index in [2.05, 4.69) is 33.7 Å². The van der Waals surface area contributed by atoms with Crippen LogP contribution >= 0.6 is 0 Å². The lowest BCUT2D eigenvalue weighted by Crippen LogP contribution is -2.43. The van der Waals surface area contributed by atoms with Gasteiger partial charge in [-0.1, -0.05) is 12.1 Å². The van der Waals surface area contributed by atoms with Gasteiger partial charge < -0.3 is 24.8 Å². The van der Waals surface area contributed by atoms with Crippen molar-refractivity contribution in [3.8, 4) is 5.75 Å². The molecule has 5 rings (SSSR count). The number of amides is 1. The van der Waals surface area contributed by atoms with Crippen LogP contribution in [0.4, 0.5) is 5.69 Å². The number of pyridine rings is 1. The first-order valence-corrected chi connectivity index (χ1v) is 12.1. The number of methoxy groups -OCH3 is 1. The monoisotopic (exact) mass is 460 g/mol. The fourth-order valence-electron chi connectivity index (χ4n) is 5.02. The number of benzene rings is 2. The number of fused-ring (bicyclic) bond motifs is 2. The Kier molecular flexibility index (Phi) is 6.65. The molecule has 0 saturated carbocycles. The van der Waals surface area contributed by atoms with Crippen molar-refractivity contribution < 1.29 is 9.53 Å². The number of carbonyl (C=O) groups excluding carboxylic acids is 1. The van der Waals surface area contributed by atoms with Crippen LogP contribution in [-0.2, 0) is 24.3 Å². The minimum Gasteiger partial charge on any atom is -0.497 e. The van der Waals surface area contributed by atoms with Gasteiger partial charge in [-0.3, -0.25) is 9.59 Å². The molecule has 0 atom stereocenters. The number of hydrogen-bond donors (Lipinski definition) is 2. The fourth-order valence-corrected chi connectivity index (χ4v) is 5.02. The average Bonchev–Trinajstić information content (AvgIpc) is 2.87. The SMILES string of the molecule is COc1ccc2ccc(=O)n(CCN3CCC(NCc4ccc5c(c4)NC(=O)CC5)CC3)c2c1. The van der Waals surface area contributed by atoms with Crippen LogP contribution in [0.25, 0.3) is 10.9 Å². The van der Waals surface area contributed by atoms with Crippen molar-refractivity contribution >= 4 is 22.5 Å². The van der Waals surface area contributed by atoms with Gasteiger partial charge in [-0.25, -0.2) is 0 Å². The summed E-state index contributed by atoms with van der Waals surface area (Å²) >= 11 is 0. The molecule has 0 bridgehead atoms. The maximum atomic E-state index is 12.6. The number of anilines is 1. The maximum Gasteiger partial charge on any atom is 0.251 e. The van der Waals surface area contributed by atoms with E-state index in [9.17, 15) is 9.59 Å². The van der Waals surface area contributed by atoms with Gasteiger partial charge in [-0.2, -0.15) is 0 Å². The Morgan fingerprint density at radius 2 is 1.82 bits per heavy atom. The van der Waals surface area contributed by atoms with E-state index in [4.69, 9.17) is 4.74 Å². The second-order valence-corrected chi connectivity index (χ2v) is 9.28. The molecule has 0 radical (unpaired) electrons. The van der Waals surface area contributed by atoms with Crippen molar-refractivity contribution in [3.05, 3.63) is 70.0 Å². The zero-order valence-corrected chi connectivity index (χ0v) is 19.7. The van der Waals surface area contributed by atoms with Crippen molar-refractivity contribution in [2.24, 2.45) is 0 Å². The molecule has 7 nitrogen and oxygen atoms in total. The molecule has 3 aromatic rings. The van der Waals surface area contributed by atoms with Crippen molar-refractivity contribution in [1.29, 1.82) is 0 Å². The van der Waals surface area contributed by atoms with Crippen LogP contribution in [0, 0.1) is 0 Å². The van der Waals surface area contributed by atoms with Crippen LogP contribution in [0.15, 0.2) is 53.3 Å². The van der Waals surface area contributed by atoms with Gasteiger partial charge >= 0.3 is 0 Å². The summed E-state index contributed by atoms with van der Waals surface area (Å²) in [6, 6.07) is 16.3. The number of aromatic nitrogens is 1. The lowest BCUT2D eigenvalue weighted by atomic mass is 10.00. The van der Waals surface area contributed by atoms with Crippen LogP contribution in [0.1, 0.15) is 30.4 Å². The van der Waals surface area contributed by atoms with E-state index in [1.54, 1.807) is 13.2 Å². The molecule has 0 aliphatic carbocycles. The molecule has 7 heteroatoms. The molecule has 0 unspecified atom stereocenters. The second kappa shape index (κ2) is 9.99. The Morgan fingerprint density at radius 1 is 1.00 bits per heavy atom. The van der Waals surface area contributed by atoms with Gasteiger partial charge in [0, 0.05) is 49.9 Å². The Balaban J connectivity index is 1.13. The highest BCUT2D eigenvalue weighted by molar-refractivity contribution is 5.94. The summed E-state index contributed by atoms with van der Waals surface area (Å²) in [5.74, 6) is 0.870. The van der Waals surface area contributed by atoms with E-state index in [0.29, 0.717) is 19.0 Å². The van der Waals surface area contributed by atoms with Gasteiger partial charge in [0.2, 0.25) is 5.91 Å². The molecule has 3 heterocycles. The van der Waals surface area contributed by atoms with Crippen molar-refractivity contribution in [1.82, 2.24) is 14.8 Å². The molecule has 1 amide bonds. The molecule has 1 aromatic heterocycles. The van der Waals surface area contributed by atoms with Gasteiger partial charge in [0.1, 0.15) is 5.75 Å². The number of rotatable bonds is 7. The number of aryl methyl sites for hydroxylation is 1. The first kappa shape index (κ1) is 22.6. The summed E-state index contributed by atoms with van der Waals surface area (Å²) in [4.78, 5) is 26.7. The van der Waals surface area contributed by atoms with Crippen LogP contribution in [0.5, 0.6) is 5.75 Å². The molecule has 1 fully saturated rings. The Bertz CT molecular complexity index is 1240. The molecular formula is C27H32N4O3. The second-order valence-electron chi connectivity index (χ2n) is 9.28. The van der Waals surface area contributed by atoms with Gasteiger partial charge in [-0.05, 0) is 73.1 Å². The summed E-state index contributed by atoms with van der Waals surface area (Å²) in [6.07, 6.45) is 3.57. The lowest BCUT2D eigenvalue weighted by molar-refractivity contribution is -0.116. The zero-order chi connectivity index (χ0) is 23.5. The standard InChI is InChI=1S/C27H32N4O3/c1-34-23-7-4-21-6-9-27(33)31(25(21)17-23)15-14-30-12-10-22(11-13-30)28-18-19-2-3-20-5-8-26(32)29-24(20)16-19/h2-4,6-7,9,16-17,22,28H,5,8,10-15,18H2,1H3,(H,29,32). The molecule has 2 aromatic carbocycles. The topological polar surface area (TPSA) is 75.6 Å². The Hall–Kier alpha value is -3.16. The smallest absolute Gasteiger partial charge is 0.251 e. The predicted octanol–water partition coefficient (Wildman–Crippen LogP) is 3.15. The Labute approximate surface area is 199 Å². The number of piperidine rings is 1. The van der Waals surface area contributed by atoms with E-state index >= 15 is 0 Å². The summed E-state index contributed by atoms with van der Waals surface area (Å²) in [5, 5.41) is 7.72. The number of hydrogen-bond acceptors (Lipinski definition) is 5. The molecule has 34 heavy (non-hydrogen) atoms. The molecule has 1 saturated heterocycles. The Morgan fingerprint density at radius 3 is 2.65 bits per heavy atom. The van der Waals surface area contributed by atoms with E-state index in [1.165, 1.54) is 11.1 Å². The molecule has 2 aliphatic rings. The third-order valence-electron chi connectivity index (χ3n) is 7.09. The van der Waals surface area contributed by atoms with Crippen LogP contribution in [0.2, 0.25) is 0 Å². The van der Waals surface area contributed by atoms with Crippen molar-refractivity contribution in [2.45, 2.75) is 44.8 Å². The van der Waals surface area contributed by atoms with Gasteiger partial charge in [-0.15, -0.1) is 0 Å². The predicted molar refractivity (Wildman–Crippen MR) is 134 cm³/mol. The molecule has 2 aliphatic heterocycles. The third-order valence-corrected chi connectivity index (χ3v) is 7.09. The number of ether oxygens (including phenoxy) is 1. The largest absolute Gasteiger partial charge is 0.497 e. The van der Waals surface area contributed by atoms with Gasteiger partial charge in [0.15, 0.2) is 0 Å². The molecular weight excluding hydrogens is 428 g/mol. The number of carbonyl (C=O) groups is 1. The van der Waals surface area contributed by atoms with Crippen LogP contribution in [-0.4, -0.2) is 48.2 Å². The van der Waals surface area contributed by atoms with E-state index in [0.717, 1.165) is 67.8 Å². The highest BCUT2D eigenvalue weighted by Gasteiger charge is 2.20. The van der Waals surface area contributed by atoms with Crippen LogP contribution < -0.4 is 20.9 Å². The van der Waals surface area contributed by atoms with Crippen molar-refractivity contribution in [2.75, 3.05) is 32.1 Å². The molecule has 178 valence electrons. The van der Waals surface area contributed by atoms with Crippen molar-refractivity contribution in [3.63, 3.8) is 0 Å². The maximum absolute atomic E-state index is 12.6. The van der Waals surface area contributed by atoms with E-state index in [-0.39, 0.29) is 11.5 Å². The summed E-state index contributed by atoms with van der Waals surface area (Å²) < 4.78 is 7.22. The summed E-state index contributed by atoms with van der Waals surface area (Å²) in [6.45, 7) is 4.36. The van der Waals surface area contributed by atoms with E-state index < -0.39 is 0 Å². The number of nitrogens with zero attached hydrogens (tertiary/aromatic N) is 2. The number of nitrogens with one attached hydrogen (secondary N) is 2. The summed E-state index contributed by atoms with van der Waals surface area (Å²) in [7, 11) is 1.65. The van der Waals surface area contributed by atoms with Crippen LogP contribution in [0.3, 0.4) is 0 Å². The quantitative estimate of drug-likeness (QED) is 0.567. The molecule has 2 N–H and O–H groups in total. The fraction of sp³-hybridized carbons (Fsp3) is 0.407.